The molecule has 5 heteroatoms. The Hall–Kier alpha value is -0.580. The number of hydrogen-bond acceptors (Lipinski definition) is 3. The smallest absolute Gasteiger partial charge is 0.254 e. The summed E-state index contributed by atoms with van der Waals surface area (Å²) in [4.78, 5) is 14.1. The molecule has 0 spiro atoms. The number of nitrogens with two attached hydrogens (primary N) is 1. The first-order valence-corrected chi connectivity index (χ1v) is 6.52. The van der Waals surface area contributed by atoms with E-state index < -0.39 is 0 Å². The number of rotatable bonds is 1. The van der Waals surface area contributed by atoms with Gasteiger partial charge in [-0.15, -0.1) is 12.4 Å². The molecule has 1 fully saturated rings. The van der Waals surface area contributed by atoms with E-state index in [1.807, 2.05) is 21.7 Å². The molecule has 0 bridgehead atoms. The third kappa shape index (κ3) is 3.00. The number of amides is 1. The summed E-state index contributed by atoms with van der Waals surface area (Å²) >= 11 is 1.56. The van der Waals surface area contributed by atoms with Gasteiger partial charge >= 0.3 is 0 Å². The van der Waals surface area contributed by atoms with Crippen molar-refractivity contribution in [3.8, 4) is 0 Å². The van der Waals surface area contributed by atoms with Crippen LogP contribution < -0.4 is 5.73 Å². The van der Waals surface area contributed by atoms with Gasteiger partial charge in [-0.05, 0) is 23.3 Å². The van der Waals surface area contributed by atoms with E-state index in [0.717, 1.165) is 25.1 Å². The number of thiophene rings is 1. The highest BCUT2D eigenvalue weighted by molar-refractivity contribution is 7.08. The largest absolute Gasteiger partial charge is 0.338 e. The molecule has 2 rings (SSSR count). The van der Waals surface area contributed by atoms with Gasteiger partial charge in [0.1, 0.15) is 0 Å². The third-order valence-corrected chi connectivity index (χ3v) is 4.05. The van der Waals surface area contributed by atoms with E-state index in [4.69, 9.17) is 5.73 Å². The van der Waals surface area contributed by atoms with Crippen LogP contribution in [0.3, 0.4) is 0 Å². The Morgan fingerprint density at radius 3 is 2.82 bits per heavy atom. The van der Waals surface area contributed by atoms with Crippen molar-refractivity contribution in [3.63, 3.8) is 0 Å². The van der Waals surface area contributed by atoms with Crippen LogP contribution in [0.2, 0.25) is 0 Å². The zero-order valence-electron chi connectivity index (χ0n) is 10.2. The Kier molecular flexibility index (Phi) is 4.58. The van der Waals surface area contributed by atoms with E-state index >= 15 is 0 Å². The molecule has 0 saturated carbocycles. The van der Waals surface area contributed by atoms with Crippen LogP contribution >= 0.6 is 23.7 Å². The van der Waals surface area contributed by atoms with Gasteiger partial charge in [-0.25, -0.2) is 0 Å². The molecule has 1 aliphatic rings. The van der Waals surface area contributed by atoms with Crippen molar-refractivity contribution in [3.05, 3.63) is 22.4 Å². The molecule has 1 atom stereocenters. The lowest BCUT2D eigenvalue weighted by Gasteiger charge is -2.42. The second-order valence-corrected chi connectivity index (χ2v) is 5.90. The molecule has 2 N–H and O–H groups in total. The molecule has 0 radical (unpaired) electrons. The van der Waals surface area contributed by atoms with Gasteiger partial charge in [0.15, 0.2) is 0 Å². The Labute approximate surface area is 112 Å². The van der Waals surface area contributed by atoms with E-state index in [1.165, 1.54) is 0 Å². The topological polar surface area (TPSA) is 46.3 Å². The molecule has 0 aliphatic carbocycles. The number of carbonyl (C=O) groups is 1. The fourth-order valence-electron chi connectivity index (χ4n) is 2.12. The molecule has 2 heterocycles. The molecule has 96 valence electrons. The van der Waals surface area contributed by atoms with Gasteiger partial charge in [-0.1, -0.05) is 13.8 Å². The Balaban J connectivity index is 0.00000144. The maximum atomic E-state index is 12.1. The molecule has 0 aromatic carbocycles. The lowest BCUT2D eigenvalue weighted by Crippen LogP contribution is -2.53. The van der Waals surface area contributed by atoms with Gasteiger partial charge in [-0.3, -0.25) is 4.79 Å². The highest BCUT2D eigenvalue weighted by Crippen LogP contribution is 2.28. The number of hydrogen-bond donors (Lipinski definition) is 1. The summed E-state index contributed by atoms with van der Waals surface area (Å²) in [7, 11) is 0. The fourth-order valence-corrected chi connectivity index (χ4v) is 2.75. The maximum Gasteiger partial charge on any atom is 0.254 e. The van der Waals surface area contributed by atoms with Crippen molar-refractivity contribution in [2.24, 2.45) is 11.1 Å². The molecule has 1 aromatic heterocycles. The van der Waals surface area contributed by atoms with Crippen LogP contribution in [0.4, 0.5) is 0 Å². The third-order valence-electron chi connectivity index (χ3n) is 3.37. The molecule has 1 aromatic rings. The first-order valence-electron chi connectivity index (χ1n) is 5.58. The molecule has 1 saturated heterocycles. The molecular formula is C12H19ClN2OS. The molecule has 17 heavy (non-hydrogen) atoms. The van der Waals surface area contributed by atoms with Crippen LogP contribution in [-0.2, 0) is 0 Å². The van der Waals surface area contributed by atoms with Gasteiger partial charge in [0, 0.05) is 24.5 Å². The highest BCUT2D eigenvalue weighted by Gasteiger charge is 2.35. The molecule has 1 amide bonds. The predicted molar refractivity (Wildman–Crippen MR) is 73.8 cm³/mol. The Bertz CT molecular complexity index is 378. The minimum atomic E-state index is 0. The van der Waals surface area contributed by atoms with Crippen LogP contribution in [0, 0.1) is 5.41 Å². The molecular weight excluding hydrogens is 256 g/mol. The lowest BCUT2D eigenvalue weighted by molar-refractivity contribution is 0.0533. The number of halogens is 1. The number of nitrogens with zero attached hydrogens (tertiary/aromatic N) is 1. The second kappa shape index (κ2) is 5.38. The van der Waals surface area contributed by atoms with Gasteiger partial charge in [0.05, 0.1) is 5.56 Å². The minimum Gasteiger partial charge on any atom is -0.338 e. The Morgan fingerprint density at radius 2 is 2.29 bits per heavy atom. The summed E-state index contributed by atoms with van der Waals surface area (Å²) in [6.07, 6.45) is 0.892. The SMILES string of the molecule is CC1(C)CN(C(=O)c2ccsc2)CCC1N.Cl. The van der Waals surface area contributed by atoms with E-state index in [0.29, 0.717) is 0 Å². The second-order valence-electron chi connectivity index (χ2n) is 5.12. The van der Waals surface area contributed by atoms with Crippen molar-refractivity contribution in [2.75, 3.05) is 13.1 Å². The van der Waals surface area contributed by atoms with Gasteiger partial charge in [0.25, 0.3) is 5.91 Å². The normalized spacial score (nSPS) is 23.0. The van der Waals surface area contributed by atoms with Crippen LogP contribution in [0.25, 0.3) is 0 Å². The zero-order chi connectivity index (χ0) is 11.8. The summed E-state index contributed by atoms with van der Waals surface area (Å²) in [6.45, 7) is 5.79. The van der Waals surface area contributed by atoms with Gasteiger partial charge < -0.3 is 10.6 Å². The summed E-state index contributed by atoms with van der Waals surface area (Å²) in [5, 5.41) is 3.85. The standard InChI is InChI=1S/C12H18N2OS.ClH/c1-12(2)8-14(5-3-10(12)13)11(15)9-4-6-16-7-9;/h4,6-7,10H,3,5,8,13H2,1-2H3;1H. The fraction of sp³-hybridized carbons (Fsp3) is 0.583. The first kappa shape index (κ1) is 14.5. The monoisotopic (exact) mass is 274 g/mol. The maximum absolute atomic E-state index is 12.1. The quantitative estimate of drug-likeness (QED) is 0.855. The van der Waals surface area contributed by atoms with E-state index in [9.17, 15) is 4.79 Å². The van der Waals surface area contributed by atoms with Crippen molar-refractivity contribution < 1.29 is 4.79 Å². The predicted octanol–water partition coefficient (Wildman–Crippen LogP) is 2.37. The van der Waals surface area contributed by atoms with Crippen LogP contribution in [0.1, 0.15) is 30.6 Å². The average molecular weight is 275 g/mol. The van der Waals surface area contributed by atoms with Gasteiger partial charge in [0.2, 0.25) is 0 Å². The average Bonchev–Trinajstić information content (AvgIpc) is 2.74. The van der Waals surface area contributed by atoms with Crippen molar-refractivity contribution in [1.29, 1.82) is 0 Å². The number of likely N-dealkylation sites (tertiary alicyclic amines) is 1. The number of carbonyl (C=O) groups excluding carboxylic acids is 1. The van der Waals surface area contributed by atoms with E-state index in [1.54, 1.807) is 11.3 Å². The van der Waals surface area contributed by atoms with Crippen LogP contribution in [0.5, 0.6) is 0 Å². The molecule has 3 nitrogen and oxygen atoms in total. The first-order chi connectivity index (χ1) is 7.50. The van der Waals surface area contributed by atoms with Crippen molar-refractivity contribution in [2.45, 2.75) is 26.3 Å². The molecule has 1 unspecified atom stereocenters. The zero-order valence-corrected chi connectivity index (χ0v) is 11.8. The summed E-state index contributed by atoms with van der Waals surface area (Å²) in [5.74, 6) is 0.140. The molecule has 1 aliphatic heterocycles. The van der Waals surface area contributed by atoms with Crippen LogP contribution in [-0.4, -0.2) is 29.9 Å². The van der Waals surface area contributed by atoms with E-state index in [2.05, 4.69) is 13.8 Å². The van der Waals surface area contributed by atoms with Crippen LogP contribution in [0.15, 0.2) is 16.8 Å². The van der Waals surface area contributed by atoms with Crippen molar-refractivity contribution in [1.82, 2.24) is 4.90 Å². The summed E-state index contributed by atoms with van der Waals surface area (Å²) < 4.78 is 0. The summed E-state index contributed by atoms with van der Waals surface area (Å²) in [6, 6.07) is 2.08. The number of piperidine rings is 1. The van der Waals surface area contributed by atoms with E-state index in [-0.39, 0.29) is 29.8 Å². The minimum absolute atomic E-state index is 0. The Morgan fingerprint density at radius 1 is 1.59 bits per heavy atom. The highest BCUT2D eigenvalue weighted by atomic mass is 35.5. The lowest BCUT2D eigenvalue weighted by atomic mass is 9.79. The van der Waals surface area contributed by atoms with Crippen molar-refractivity contribution >= 4 is 29.7 Å². The van der Waals surface area contributed by atoms with Gasteiger partial charge in [-0.2, -0.15) is 11.3 Å². The summed E-state index contributed by atoms with van der Waals surface area (Å²) in [5.41, 5.74) is 6.88.